The molecule has 14 heavy (non-hydrogen) atoms. The number of nitrogens with two attached hydrogens (primary N) is 2. The molecule has 1 atom stereocenters. The number of hydrogen-bond acceptors (Lipinski definition) is 3. The van der Waals surface area contributed by atoms with Crippen LogP contribution in [0.5, 0.6) is 0 Å². The molecule has 1 rings (SSSR count). The monoisotopic (exact) mass is 210 g/mol. The summed E-state index contributed by atoms with van der Waals surface area (Å²) in [5.41, 5.74) is 13.7. The van der Waals surface area contributed by atoms with Crippen LogP contribution in [0.4, 0.5) is 5.69 Å². The SMILES string of the molecule is CSc1cc(CCC(C)N)ccc1N. The van der Waals surface area contributed by atoms with E-state index in [-0.39, 0.29) is 6.04 Å². The second kappa shape index (κ2) is 5.27. The molecule has 0 saturated heterocycles. The summed E-state index contributed by atoms with van der Waals surface area (Å²) in [4.78, 5) is 1.16. The number of rotatable bonds is 4. The Morgan fingerprint density at radius 1 is 1.43 bits per heavy atom. The van der Waals surface area contributed by atoms with Gasteiger partial charge in [0.1, 0.15) is 0 Å². The van der Waals surface area contributed by atoms with Crippen LogP contribution >= 0.6 is 11.8 Å². The molecule has 0 aliphatic rings. The van der Waals surface area contributed by atoms with Gasteiger partial charge in [0.05, 0.1) is 0 Å². The van der Waals surface area contributed by atoms with Crippen LogP contribution < -0.4 is 11.5 Å². The quantitative estimate of drug-likeness (QED) is 0.592. The van der Waals surface area contributed by atoms with Crippen molar-refractivity contribution < 1.29 is 0 Å². The van der Waals surface area contributed by atoms with Crippen molar-refractivity contribution in [3.8, 4) is 0 Å². The molecular formula is C11H18N2S. The second-order valence-corrected chi connectivity index (χ2v) is 4.44. The summed E-state index contributed by atoms with van der Waals surface area (Å²) in [5, 5.41) is 0. The van der Waals surface area contributed by atoms with Gasteiger partial charge < -0.3 is 11.5 Å². The van der Waals surface area contributed by atoms with Crippen LogP contribution in [-0.4, -0.2) is 12.3 Å². The summed E-state index contributed by atoms with van der Waals surface area (Å²) in [7, 11) is 0. The fraction of sp³-hybridized carbons (Fsp3) is 0.455. The van der Waals surface area contributed by atoms with Gasteiger partial charge in [-0.3, -0.25) is 0 Å². The van der Waals surface area contributed by atoms with Gasteiger partial charge in [-0.15, -0.1) is 11.8 Å². The molecular weight excluding hydrogens is 192 g/mol. The van der Waals surface area contributed by atoms with Gasteiger partial charge in [-0.1, -0.05) is 6.07 Å². The lowest BCUT2D eigenvalue weighted by atomic mass is 10.1. The van der Waals surface area contributed by atoms with Crippen molar-refractivity contribution in [1.29, 1.82) is 0 Å². The summed E-state index contributed by atoms with van der Waals surface area (Å²) in [6.45, 7) is 2.03. The third-order valence-electron chi connectivity index (χ3n) is 2.19. The molecule has 0 aliphatic carbocycles. The maximum absolute atomic E-state index is 5.81. The molecule has 0 heterocycles. The molecule has 0 aromatic heterocycles. The summed E-state index contributed by atoms with van der Waals surface area (Å²) in [6.07, 6.45) is 4.10. The van der Waals surface area contributed by atoms with E-state index in [4.69, 9.17) is 11.5 Å². The predicted octanol–water partition coefficient (Wildman–Crippen LogP) is 2.27. The molecule has 3 heteroatoms. The lowest BCUT2D eigenvalue weighted by Crippen LogP contribution is -2.15. The molecule has 0 spiro atoms. The minimum atomic E-state index is 0.269. The smallest absolute Gasteiger partial charge is 0.0452 e. The molecule has 0 amide bonds. The number of aryl methyl sites for hydroxylation is 1. The molecule has 4 N–H and O–H groups in total. The number of anilines is 1. The van der Waals surface area contributed by atoms with Crippen molar-refractivity contribution in [2.24, 2.45) is 5.73 Å². The van der Waals surface area contributed by atoms with Crippen LogP contribution in [0.15, 0.2) is 23.1 Å². The summed E-state index contributed by atoms with van der Waals surface area (Å²) < 4.78 is 0. The van der Waals surface area contributed by atoms with Crippen molar-refractivity contribution in [3.63, 3.8) is 0 Å². The lowest BCUT2D eigenvalue weighted by molar-refractivity contribution is 0.665. The van der Waals surface area contributed by atoms with Gasteiger partial charge in [0.15, 0.2) is 0 Å². The van der Waals surface area contributed by atoms with Gasteiger partial charge in [0.2, 0.25) is 0 Å². The van der Waals surface area contributed by atoms with E-state index < -0.39 is 0 Å². The Balaban J connectivity index is 2.69. The first-order chi connectivity index (χ1) is 6.63. The Morgan fingerprint density at radius 3 is 2.71 bits per heavy atom. The molecule has 0 bridgehead atoms. The zero-order valence-electron chi connectivity index (χ0n) is 8.79. The number of nitrogen functional groups attached to an aromatic ring is 1. The van der Waals surface area contributed by atoms with Gasteiger partial charge in [-0.05, 0) is 43.7 Å². The van der Waals surface area contributed by atoms with E-state index in [0.29, 0.717) is 0 Å². The summed E-state index contributed by atoms with van der Waals surface area (Å²) in [6, 6.07) is 6.48. The molecule has 2 nitrogen and oxygen atoms in total. The summed E-state index contributed by atoms with van der Waals surface area (Å²) >= 11 is 1.69. The standard InChI is InChI=1S/C11H18N2S/c1-8(12)3-4-9-5-6-10(13)11(7-9)14-2/h5-8H,3-4,12-13H2,1-2H3. The minimum absolute atomic E-state index is 0.269. The minimum Gasteiger partial charge on any atom is -0.398 e. The highest BCUT2D eigenvalue weighted by molar-refractivity contribution is 7.98. The van der Waals surface area contributed by atoms with Crippen LogP contribution in [0.3, 0.4) is 0 Å². The predicted molar refractivity (Wildman–Crippen MR) is 64.6 cm³/mol. The largest absolute Gasteiger partial charge is 0.398 e. The molecule has 0 aliphatic heterocycles. The topological polar surface area (TPSA) is 52.0 Å². The van der Waals surface area contributed by atoms with E-state index in [0.717, 1.165) is 23.4 Å². The third-order valence-corrected chi connectivity index (χ3v) is 2.98. The Hall–Kier alpha value is -0.670. The van der Waals surface area contributed by atoms with Crippen molar-refractivity contribution in [1.82, 2.24) is 0 Å². The molecule has 1 aromatic rings. The molecule has 0 fully saturated rings. The summed E-state index contributed by atoms with van der Waals surface area (Å²) in [5.74, 6) is 0. The van der Waals surface area contributed by atoms with Crippen LogP contribution in [0.25, 0.3) is 0 Å². The van der Waals surface area contributed by atoms with Crippen molar-refractivity contribution in [3.05, 3.63) is 23.8 Å². The van der Waals surface area contributed by atoms with Gasteiger partial charge in [-0.25, -0.2) is 0 Å². The fourth-order valence-corrected chi connectivity index (χ4v) is 1.88. The van der Waals surface area contributed by atoms with Crippen molar-refractivity contribution in [2.75, 3.05) is 12.0 Å². The average Bonchev–Trinajstić information content (AvgIpc) is 2.16. The van der Waals surface area contributed by atoms with Crippen LogP contribution in [-0.2, 0) is 6.42 Å². The lowest BCUT2D eigenvalue weighted by Gasteiger charge is -2.08. The normalized spacial score (nSPS) is 12.8. The Labute approximate surface area is 90.1 Å². The molecule has 0 radical (unpaired) electrons. The zero-order valence-corrected chi connectivity index (χ0v) is 9.60. The van der Waals surface area contributed by atoms with Crippen LogP contribution in [0.2, 0.25) is 0 Å². The zero-order chi connectivity index (χ0) is 10.6. The first kappa shape index (κ1) is 11.4. The van der Waals surface area contributed by atoms with E-state index in [9.17, 15) is 0 Å². The van der Waals surface area contributed by atoms with E-state index in [1.54, 1.807) is 11.8 Å². The molecule has 1 unspecified atom stereocenters. The first-order valence-electron chi connectivity index (χ1n) is 4.81. The molecule has 78 valence electrons. The fourth-order valence-electron chi connectivity index (χ4n) is 1.31. The highest BCUT2D eigenvalue weighted by Gasteiger charge is 2.01. The van der Waals surface area contributed by atoms with E-state index in [1.165, 1.54) is 5.56 Å². The first-order valence-corrected chi connectivity index (χ1v) is 6.04. The Morgan fingerprint density at radius 2 is 2.14 bits per heavy atom. The van der Waals surface area contributed by atoms with Crippen LogP contribution in [0.1, 0.15) is 18.9 Å². The highest BCUT2D eigenvalue weighted by atomic mass is 32.2. The van der Waals surface area contributed by atoms with E-state index >= 15 is 0 Å². The van der Waals surface area contributed by atoms with E-state index in [2.05, 4.69) is 12.1 Å². The maximum atomic E-state index is 5.81. The van der Waals surface area contributed by atoms with E-state index in [1.807, 2.05) is 19.2 Å². The van der Waals surface area contributed by atoms with Gasteiger partial charge in [0, 0.05) is 16.6 Å². The number of benzene rings is 1. The van der Waals surface area contributed by atoms with Gasteiger partial charge in [-0.2, -0.15) is 0 Å². The Kier molecular flexibility index (Phi) is 4.29. The highest BCUT2D eigenvalue weighted by Crippen LogP contribution is 2.24. The number of thioether (sulfide) groups is 1. The van der Waals surface area contributed by atoms with Gasteiger partial charge >= 0.3 is 0 Å². The Bertz CT molecular complexity index is 297. The second-order valence-electron chi connectivity index (χ2n) is 3.59. The molecule has 0 saturated carbocycles. The number of hydrogen-bond donors (Lipinski definition) is 2. The average molecular weight is 210 g/mol. The van der Waals surface area contributed by atoms with Crippen molar-refractivity contribution >= 4 is 17.4 Å². The van der Waals surface area contributed by atoms with Crippen LogP contribution in [0, 0.1) is 0 Å². The maximum Gasteiger partial charge on any atom is 0.0452 e. The molecule has 1 aromatic carbocycles. The third kappa shape index (κ3) is 3.24. The van der Waals surface area contributed by atoms with Crippen molar-refractivity contribution in [2.45, 2.75) is 30.7 Å². The van der Waals surface area contributed by atoms with Gasteiger partial charge in [0.25, 0.3) is 0 Å².